The molecule has 1 atom stereocenters. The van der Waals surface area contributed by atoms with Crippen LogP contribution in [0.15, 0.2) is 24.3 Å². The first-order valence-corrected chi connectivity index (χ1v) is 8.58. The van der Waals surface area contributed by atoms with E-state index < -0.39 is 12.0 Å². The van der Waals surface area contributed by atoms with Gasteiger partial charge in [0.2, 0.25) is 5.91 Å². The smallest absolute Gasteiger partial charge is 0.338 e. The number of carbonyl (C=O) groups excluding carboxylic acids is 3. The Kier molecular flexibility index (Phi) is 5.45. The van der Waals surface area contributed by atoms with Gasteiger partial charge < -0.3 is 14.8 Å². The predicted octanol–water partition coefficient (Wildman–Crippen LogP) is 1.26. The van der Waals surface area contributed by atoms with Gasteiger partial charge in [0.05, 0.1) is 30.3 Å². The van der Waals surface area contributed by atoms with Gasteiger partial charge >= 0.3 is 5.97 Å². The van der Waals surface area contributed by atoms with E-state index in [0.717, 1.165) is 12.8 Å². The zero-order valence-electron chi connectivity index (χ0n) is 14.2. The number of hydrogen-bond acceptors (Lipinski definition) is 6. The first-order chi connectivity index (χ1) is 12.1. The van der Waals surface area contributed by atoms with E-state index in [1.54, 1.807) is 31.2 Å². The Bertz CT molecular complexity index is 652. The van der Waals surface area contributed by atoms with Crippen LogP contribution in [0.4, 0.5) is 5.69 Å². The van der Waals surface area contributed by atoms with Gasteiger partial charge in [-0.3, -0.25) is 9.59 Å². The number of anilines is 1. The maximum atomic E-state index is 12.6. The van der Waals surface area contributed by atoms with Crippen molar-refractivity contribution >= 4 is 23.5 Å². The van der Waals surface area contributed by atoms with Gasteiger partial charge in [0, 0.05) is 19.3 Å². The van der Waals surface area contributed by atoms with Gasteiger partial charge in [0.1, 0.15) is 0 Å². The molecule has 134 valence electrons. The number of carbonyl (C=O) groups is 3. The van der Waals surface area contributed by atoms with Crippen molar-refractivity contribution < 1.29 is 23.9 Å². The van der Waals surface area contributed by atoms with E-state index in [0.29, 0.717) is 31.1 Å². The Hall–Kier alpha value is -2.25. The lowest BCUT2D eigenvalue weighted by atomic mass is 10.1. The van der Waals surface area contributed by atoms with E-state index >= 15 is 0 Å². The van der Waals surface area contributed by atoms with Gasteiger partial charge in [-0.15, -0.1) is 0 Å². The number of hydrogen-bond donors (Lipinski definition) is 1. The topological polar surface area (TPSA) is 84.9 Å². The molecule has 0 radical (unpaired) electrons. The van der Waals surface area contributed by atoms with Crippen molar-refractivity contribution in [2.45, 2.75) is 38.3 Å². The van der Waals surface area contributed by atoms with E-state index in [4.69, 9.17) is 9.47 Å². The third-order valence-corrected chi connectivity index (χ3v) is 4.44. The number of rotatable bonds is 5. The molecule has 0 spiro atoms. The van der Waals surface area contributed by atoms with Crippen LogP contribution in [0, 0.1) is 0 Å². The molecule has 3 rings (SSSR count). The average Bonchev–Trinajstić information content (AvgIpc) is 2.90. The summed E-state index contributed by atoms with van der Waals surface area (Å²) in [6.45, 7) is 3.37. The van der Waals surface area contributed by atoms with Crippen LogP contribution in [0.5, 0.6) is 0 Å². The second-order valence-electron chi connectivity index (χ2n) is 6.14. The largest absolute Gasteiger partial charge is 0.462 e. The van der Waals surface area contributed by atoms with Crippen molar-refractivity contribution in [2.75, 3.05) is 24.7 Å². The summed E-state index contributed by atoms with van der Waals surface area (Å²) in [5.41, 5.74) is 0.862. The molecular weight excluding hydrogens is 324 g/mol. The number of amides is 2. The summed E-state index contributed by atoms with van der Waals surface area (Å²) >= 11 is 0. The van der Waals surface area contributed by atoms with Crippen molar-refractivity contribution in [2.24, 2.45) is 0 Å². The molecule has 0 aromatic heterocycles. The van der Waals surface area contributed by atoms with Crippen LogP contribution < -0.4 is 10.2 Å². The van der Waals surface area contributed by atoms with Crippen LogP contribution >= 0.6 is 0 Å². The number of nitrogens with one attached hydrogen (secondary N) is 1. The zero-order chi connectivity index (χ0) is 17.8. The maximum absolute atomic E-state index is 12.6. The molecule has 2 saturated heterocycles. The summed E-state index contributed by atoms with van der Waals surface area (Å²) in [5, 5.41) is 3.28. The minimum absolute atomic E-state index is 0.149. The highest BCUT2D eigenvalue weighted by Gasteiger charge is 2.40. The number of esters is 1. The standard InChI is InChI=1S/C18H22N2O5/c1-2-25-18(23)12-3-5-14(6-4-12)20-16(21)11-15(17(20)22)19-13-7-9-24-10-8-13/h3-6,13,15,19H,2,7-11H2,1H3/t15-/m0/s1. The van der Waals surface area contributed by atoms with Crippen molar-refractivity contribution in [1.29, 1.82) is 0 Å². The summed E-state index contributed by atoms with van der Waals surface area (Å²) < 4.78 is 10.2. The number of nitrogens with zero attached hydrogens (tertiary/aromatic N) is 1. The van der Waals surface area contributed by atoms with Crippen LogP contribution in [-0.2, 0) is 19.1 Å². The Labute approximate surface area is 146 Å². The maximum Gasteiger partial charge on any atom is 0.338 e. The van der Waals surface area contributed by atoms with Gasteiger partial charge in [0.25, 0.3) is 5.91 Å². The fourth-order valence-electron chi connectivity index (χ4n) is 3.14. The SMILES string of the molecule is CCOC(=O)c1ccc(N2C(=O)C[C@H](NC3CCOCC3)C2=O)cc1. The molecule has 0 aliphatic carbocycles. The number of imide groups is 1. The van der Waals surface area contributed by atoms with Gasteiger partial charge in [-0.2, -0.15) is 0 Å². The van der Waals surface area contributed by atoms with E-state index in [-0.39, 0.29) is 24.3 Å². The van der Waals surface area contributed by atoms with E-state index in [2.05, 4.69) is 5.32 Å². The fraction of sp³-hybridized carbons (Fsp3) is 0.500. The van der Waals surface area contributed by atoms with Crippen LogP contribution in [0.1, 0.15) is 36.5 Å². The first kappa shape index (κ1) is 17.6. The lowest BCUT2D eigenvalue weighted by Crippen LogP contribution is -2.45. The normalized spacial score (nSPS) is 21.6. The zero-order valence-corrected chi connectivity index (χ0v) is 14.2. The fourth-order valence-corrected chi connectivity index (χ4v) is 3.14. The van der Waals surface area contributed by atoms with Crippen molar-refractivity contribution in [3.8, 4) is 0 Å². The minimum Gasteiger partial charge on any atom is -0.462 e. The molecule has 1 N–H and O–H groups in total. The molecule has 1 aromatic rings. The molecule has 7 heteroatoms. The van der Waals surface area contributed by atoms with Crippen molar-refractivity contribution in [3.05, 3.63) is 29.8 Å². The first-order valence-electron chi connectivity index (χ1n) is 8.58. The summed E-state index contributed by atoms with van der Waals surface area (Å²) in [6.07, 6.45) is 1.83. The van der Waals surface area contributed by atoms with E-state index in [1.165, 1.54) is 4.90 Å². The van der Waals surface area contributed by atoms with Crippen LogP contribution in [0.25, 0.3) is 0 Å². The highest BCUT2D eigenvalue weighted by molar-refractivity contribution is 6.22. The highest BCUT2D eigenvalue weighted by Crippen LogP contribution is 2.24. The van der Waals surface area contributed by atoms with Crippen LogP contribution in [-0.4, -0.2) is 49.7 Å². The molecule has 2 aliphatic heterocycles. The summed E-state index contributed by atoms with van der Waals surface area (Å²) in [7, 11) is 0. The molecule has 2 amide bonds. The third-order valence-electron chi connectivity index (χ3n) is 4.44. The molecule has 0 saturated carbocycles. The minimum atomic E-state index is -0.500. The van der Waals surface area contributed by atoms with Gasteiger partial charge in [-0.25, -0.2) is 9.69 Å². The Morgan fingerprint density at radius 2 is 1.92 bits per heavy atom. The molecular formula is C18H22N2O5. The molecule has 1 aromatic carbocycles. The monoisotopic (exact) mass is 346 g/mol. The van der Waals surface area contributed by atoms with Crippen LogP contribution in [0.3, 0.4) is 0 Å². The Morgan fingerprint density at radius 1 is 1.24 bits per heavy atom. The third kappa shape index (κ3) is 3.88. The predicted molar refractivity (Wildman–Crippen MR) is 90.3 cm³/mol. The lowest BCUT2D eigenvalue weighted by molar-refractivity contribution is -0.121. The molecule has 2 fully saturated rings. The Morgan fingerprint density at radius 3 is 2.56 bits per heavy atom. The molecule has 2 aliphatic rings. The summed E-state index contributed by atoms with van der Waals surface area (Å²) in [4.78, 5) is 37.8. The van der Waals surface area contributed by atoms with Gasteiger partial charge in [-0.05, 0) is 44.0 Å². The summed E-state index contributed by atoms with van der Waals surface area (Å²) in [6, 6.07) is 6.01. The van der Waals surface area contributed by atoms with Crippen molar-refractivity contribution in [1.82, 2.24) is 5.32 Å². The van der Waals surface area contributed by atoms with E-state index in [1.807, 2.05) is 0 Å². The second-order valence-corrected chi connectivity index (χ2v) is 6.14. The molecule has 2 heterocycles. The number of ether oxygens (including phenoxy) is 2. The summed E-state index contributed by atoms with van der Waals surface area (Å²) in [5.74, 6) is -0.911. The molecule has 7 nitrogen and oxygen atoms in total. The molecule has 0 bridgehead atoms. The van der Waals surface area contributed by atoms with Crippen LogP contribution in [0.2, 0.25) is 0 Å². The molecule has 25 heavy (non-hydrogen) atoms. The van der Waals surface area contributed by atoms with Gasteiger partial charge in [0.15, 0.2) is 0 Å². The van der Waals surface area contributed by atoms with E-state index in [9.17, 15) is 14.4 Å². The highest BCUT2D eigenvalue weighted by atomic mass is 16.5. The second kappa shape index (κ2) is 7.76. The quantitative estimate of drug-likeness (QED) is 0.638. The van der Waals surface area contributed by atoms with Gasteiger partial charge in [-0.1, -0.05) is 0 Å². The number of benzene rings is 1. The Balaban J connectivity index is 1.68. The lowest BCUT2D eigenvalue weighted by Gasteiger charge is -2.25. The van der Waals surface area contributed by atoms with Crippen molar-refractivity contribution in [3.63, 3.8) is 0 Å². The average molecular weight is 346 g/mol. The molecule has 0 unspecified atom stereocenters.